The van der Waals surface area contributed by atoms with E-state index >= 15 is 0 Å². The number of nitrogens with zero attached hydrogens (tertiary/aromatic N) is 1. The van der Waals surface area contributed by atoms with E-state index in [1.165, 1.54) is 6.21 Å². The minimum absolute atomic E-state index is 0.135. The number of hydrazone groups is 1. The first-order valence-electron chi connectivity index (χ1n) is 6.94. The molecule has 1 N–H and O–H groups in total. The molecule has 1 amide bonds. The number of methoxy groups -OCH3 is 1. The summed E-state index contributed by atoms with van der Waals surface area (Å²) in [5.74, 6) is 0.901. The normalized spacial score (nSPS) is 10.6. The summed E-state index contributed by atoms with van der Waals surface area (Å²) >= 11 is 5.93. The number of carbonyl (C=O) groups is 1. The lowest BCUT2D eigenvalue weighted by Gasteiger charge is -2.07. The van der Waals surface area contributed by atoms with Gasteiger partial charge in [-0.25, -0.2) is 5.43 Å². The minimum Gasteiger partial charge on any atom is -0.496 e. The molecule has 0 fully saturated rings. The molecular weight excluding hydrogens is 316 g/mol. The van der Waals surface area contributed by atoms with Crippen LogP contribution in [-0.2, 0) is 4.79 Å². The Balaban J connectivity index is 1.85. The molecule has 0 atom stereocenters. The average Bonchev–Trinajstić information content (AvgIpc) is 2.56. The first-order valence-corrected chi connectivity index (χ1v) is 7.32. The Bertz CT molecular complexity index is 717. The number of para-hydroxylation sites is 1. The third kappa shape index (κ3) is 5.00. The average molecular weight is 333 g/mol. The summed E-state index contributed by atoms with van der Waals surface area (Å²) in [5, 5.41) is 4.54. The number of benzene rings is 2. The number of hydrogen-bond donors (Lipinski definition) is 1. The van der Waals surface area contributed by atoms with Crippen molar-refractivity contribution in [3.05, 3.63) is 58.6 Å². The van der Waals surface area contributed by atoms with Gasteiger partial charge in [0.05, 0.1) is 13.3 Å². The molecule has 0 aromatic heterocycles. The van der Waals surface area contributed by atoms with Crippen LogP contribution >= 0.6 is 11.6 Å². The quantitative estimate of drug-likeness (QED) is 0.653. The highest BCUT2D eigenvalue weighted by Gasteiger charge is 2.03. The zero-order valence-electron chi connectivity index (χ0n) is 12.9. The van der Waals surface area contributed by atoms with Crippen LogP contribution < -0.4 is 14.9 Å². The van der Waals surface area contributed by atoms with Gasteiger partial charge in [-0.05, 0) is 42.8 Å². The molecule has 2 rings (SSSR count). The topological polar surface area (TPSA) is 59.9 Å². The number of carbonyl (C=O) groups excluding carboxylic acids is 1. The highest BCUT2D eigenvalue weighted by Crippen LogP contribution is 2.20. The molecule has 0 unspecified atom stereocenters. The maximum atomic E-state index is 11.7. The molecule has 0 bridgehead atoms. The van der Waals surface area contributed by atoms with Crippen molar-refractivity contribution in [2.24, 2.45) is 5.10 Å². The van der Waals surface area contributed by atoms with Gasteiger partial charge in [0.2, 0.25) is 0 Å². The van der Waals surface area contributed by atoms with Gasteiger partial charge in [0.25, 0.3) is 5.91 Å². The Hall–Kier alpha value is -2.53. The molecule has 2 aromatic carbocycles. The van der Waals surface area contributed by atoms with Crippen LogP contribution in [0.15, 0.2) is 47.6 Å². The zero-order valence-corrected chi connectivity index (χ0v) is 13.6. The van der Waals surface area contributed by atoms with E-state index < -0.39 is 0 Å². The number of aryl methyl sites for hydroxylation is 1. The molecule has 6 heteroatoms. The van der Waals surface area contributed by atoms with E-state index in [-0.39, 0.29) is 12.5 Å². The lowest BCUT2D eigenvalue weighted by Crippen LogP contribution is -2.24. The van der Waals surface area contributed by atoms with E-state index in [2.05, 4.69) is 10.5 Å². The summed E-state index contributed by atoms with van der Waals surface area (Å²) in [5.41, 5.74) is 4.06. The highest BCUT2D eigenvalue weighted by molar-refractivity contribution is 6.31. The van der Waals surface area contributed by atoms with Crippen LogP contribution in [0.5, 0.6) is 11.5 Å². The molecule has 0 saturated carbocycles. The molecule has 0 heterocycles. The van der Waals surface area contributed by atoms with Gasteiger partial charge in [0.15, 0.2) is 6.61 Å². The fraction of sp³-hybridized carbons (Fsp3) is 0.176. The van der Waals surface area contributed by atoms with Crippen molar-refractivity contribution in [3.63, 3.8) is 0 Å². The second-order valence-electron chi connectivity index (χ2n) is 4.73. The van der Waals surface area contributed by atoms with Crippen LogP contribution in [0.3, 0.4) is 0 Å². The van der Waals surface area contributed by atoms with Gasteiger partial charge in [-0.2, -0.15) is 5.10 Å². The SMILES string of the molecule is COc1ccccc1/C=N\NC(=O)COc1ccc(Cl)c(C)c1. The monoisotopic (exact) mass is 332 g/mol. The van der Waals surface area contributed by atoms with Gasteiger partial charge in [0, 0.05) is 10.6 Å². The largest absolute Gasteiger partial charge is 0.496 e. The van der Waals surface area contributed by atoms with Gasteiger partial charge >= 0.3 is 0 Å². The van der Waals surface area contributed by atoms with Gasteiger partial charge in [-0.15, -0.1) is 0 Å². The van der Waals surface area contributed by atoms with Crippen molar-refractivity contribution in [1.82, 2.24) is 5.43 Å². The van der Waals surface area contributed by atoms with Crippen LogP contribution in [0.2, 0.25) is 5.02 Å². The van der Waals surface area contributed by atoms with Crippen molar-refractivity contribution >= 4 is 23.7 Å². The molecule has 23 heavy (non-hydrogen) atoms. The first kappa shape index (κ1) is 16.8. The van der Waals surface area contributed by atoms with E-state index in [1.54, 1.807) is 25.3 Å². The molecule has 0 aliphatic carbocycles. The number of nitrogens with one attached hydrogen (secondary N) is 1. The summed E-state index contributed by atoms with van der Waals surface area (Å²) < 4.78 is 10.6. The number of ether oxygens (including phenoxy) is 2. The Kier molecular flexibility index (Phi) is 6.00. The standard InChI is InChI=1S/C17H17ClN2O3/c1-12-9-14(7-8-15(12)18)23-11-17(21)20-19-10-13-5-3-4-6-16(13)22-2/h3-10H,11H2,1-2H3,(H,20,21)/b19-10-. The fourth-order valence-electron chi connectivity index (χ4n) is 1.84. The fourth-order valence-corrected chi connectivity index (χ4v) is 1.95. The van der Waals surface area contributed by atoms with Gasteiger partial charge in [0.1, 0.15) is 11.5 Å². The second-order valence-corrected chi connectivity index (χ2v) is 5.14. The summed E-state index contributed by atoms with van der Waals surface area (Å²) in [6, 6.07) is 12.6. The Morgan fingerprint density at radius 3 is 2.83 bits per heavy atom. The smallest absolute Gasteiger partial charge is 0.277 e. The maximum absolute atomic E-state index is 11.7. The molecular formula is C17H17ClN2O3. The van der Waals surface area contributed by atoms with E-state index in [1.807, 2.05) is 31.2 Å². The Morgan fingerprint density at radius 2 is 2.09 bits per heavy atom. The van der Waals surface area contributed by atoms with Gasteiger partial charge < -0.3 is 9.47 Å². The molecule has 0 aliphatic rings. The molecule has 0 aliphatic heterocycles. The lowest BCUT2D eigenvalue weighted by molar-refractivity contribution is -0.123. The maximum Gasteiger partial charge on any atom is 0.277 e. The predicted octanol–water partition coefficient (Wildman–Crippen LogP) is 3.19. The molecule has 2 aromatic rings. The molecule has 0 spiro atoms. The lowest BCUT2D eigenvalue weighted by atomic mass is 10.2. The predicted molar refractivity (Wildman–Crippen MR) is 90.4 cm³/mol. The van der Waals surface area contributed by atoms with Crippen molar-refractivity contribution < 1.29 is 14.3 Å². The van der Waals surface area contributed by atoms with Crippen LogP contribution in [0.1, 0.15) is 11.1 Å². The van der Waals surface area contributed by atoms with E-state index in [4.69, 9.17) is 21.1 Å². The Labute approximate surface area is 139 Å². The highest BCUT2D eigenvalue weighted by atomic mass is 35.5. The second kappa shape index (κ2) is 8.19. The number of halogens is 1. The van der Waals surface area contributed by atoms with E-state index in [9.17, 15) is 4.79 Å². The molecule has 0 saturated heterocycles. The first-order chi connectivity index (χ1) is 11.1. The number of rotatable bonds is 6. The third-order valence-corrected chi connectivity index (χ3v) is 3.46. The van der Waals surface area contributed by atoms with E-state index in [0.29, 0.717) is 16.5 Å². The summed E-state index contributed by atoms with van der Waals surface area (Å²) in [6.07, 6.45) is 1.52. The van der Waals surface area contributed by atoms with Crippen LogP contribution in [0.4, 0.5) is 0 Å². The van der Waals surface area contributed by atoms with Crippen molar-refractivity contribution in [1.29, 1.82) is 0 Å². The Morgan fingerprint density at radius 1 is 1.30 bits per heavy atom. The third-order valence-electron chi connectivity index (χ3n) is 3.03. The van der Waals surface area contributed by atoms with Crippen molar-refractivity contribution in [2.45, 2.75) is 6.92 Å². The molecule has 0 radical (unpaired) electrons. The summed E-state index contributed by atoms with van der Waals surface area (Å²) in [6.45, 7) is 1.73. The van der Waals surface area contributed by atoms with Crippen LogP contribution in [-0.4, -0.2) is 25.8 Å². The van der Waals surface area contributed by atoms with Crippen LogP contribution in [0, 0.1) is 6.92 Å². The number of hydrogen-bond acceptors (Lipinski definition) is 4. The number of amides is 1. The van der Waals surface area contributed by atoms with Crippen LogP contribution in [0.25, 0.3) is 0 Å². The van der Waals surface area contributed by atoms with Crippen molar-refractivity contribution in [3.8, 4) is 11.5 Å². The van der Waals surface area contributed by atoms with E-state index in [0.717, 1.165) is 11.1 Å². The van der Waals surface area contributed by atoms with Gasteiger partial charge in [-0.1, -0.05) is 23.7 Å². The molecule has 5 nitrogen and oxygen atoms in total. The minimum atomic E-state index is -0.358. The zero-order chi connectivity index (χ0) is 16.7. The summed E-state index contributed by atoms with van der Waals surface area (Å²) in [4.78, 5) is 11.7. The molecule has 120 valence electrons. The van der Waals surface area contributed by atoms with Gasteiger partial charge in [-0.3, -0.25) is 4.79 Å². The summed E-state index contributed by atoms with van der Waals surface area (Å²) in [7, 11) is 1.58. The van der Waals surface area contributed by atoms with Crippen molar-refractivity contribution in [2.75, 3.05) is 13.7 Å².